The van der Waals surface area contributed by atoms with Gasteiger partial charge in [0, 0.05) is 6.92 Å². The first-order valence-electron chi connectivity index (χ1n) is 6.01. The number of carbonyl (C=O) groups excluding carboxylic acids is 1. The highest BCUT2D eigenvalue weighted by molar-refractivity contribution is 5.66. The first-order chi connectivity index (χ1) is 8.50. The Morgan fingerprint density at radius 2 is 1.89 bits per heavy atom. The molecule has 0 aliphatic heterocycles. The molecule has 0 aromatic heterocycles. The highest BCUT2D eigenvalue weighted by Gasteiger charge is 2.25. The molecule has 100 valence electrons. The van der Waals surface area contributed by atoms with Crippen LogP contribution in [0.4, 0.5) is 0 Å². The molecule has 4 heteroatoms. The molecule has 0 aliphatic rings. The van der Waals surface area contributed by atoms with E-state index in [4.69, 9.17) is 9.47 Å². The summed E-state index contributed by atoms with van der Waals surface area (Å²) >= 11 is 0. The smallest absolute Gasteiger partial charge is 0.302 e. The Balaban J connectivity index is 2.55. The molecule has 0 bridgehead atoms. The molecule has 1 rings (SSSR count). The number of aliphatic hydroxyl groups is 1. The van der Waals surface area contributed by atoms with Crippen molar-refractivity contribution in [1.82, 2.24) is 0 Å². The predicted molar refractivity (Wildman–Crippen MR) is 67.9 cm³/mol. The minimum absolute atomic E-state index is 0.377. The molecule has 0 radical (unpaired) electrons. The summed E-state index contributed by atoms with van der Waals surface area (Å²) < 4.78 is 10.7. The van der Waals surface area contributed by atoms with Gasteiger partial charge in [-0.1, -0.05) is 30.3 Å². The lowest BCUT2D eigenvalue weighted by molar-refractivity contribution is -0.160. The molecular weight excluding hydrogens is 232 g/mol. The van der Waals surface area contributed by atoms with Gasteiger partial charge >= 0.3 is 5.97 Å². The zero-order chi connectivity index (χ0) is 13.5. The fourth-order valence-electron chi connectivity index (χ4n) is 1.76. The van der Waals surface area contributed by atoms with Crippen molar-refractivity contribution in [2.75, 3.05) is 0 Å². The van der Waals surface area contributed by atoms with Gasteiger partial charge in [0.05, 0.1) is 12.7 Å². The highest BCUT2D eigenvalue weighted by atomic mass is 16.6. The number of ether oxygens (including phenoxy) is 2. The van der Waals surface area contributed by atoms with Crippen LogP contribution in [0.3, 0.4) is 0 Å². The van der Waals surface area contributed by atoms with E-state index in [0.29, 0.717) is 6.61 Å². The van der Waals surface area contributed by atoms with E-state index in [9.17, 15) is 9.90 Å². The number of hydrogen-bond acceptors (Lipinski definition) is 4. The average Bonchev–Trinajstić information content (AvgIpc) is 2.29. The van der Waals surface area contributed by atoms with Crippen molar-refractivity contribution in [3.63, 3.8) is 0 Å². The van der Waals surface area contributed by atoms with Crippen molar-refractivity contribution in [3.05, 3.63) is 35.9 Å². The Bertz CT molecular complexity index is 361. The van der Waals surface area contributed by atoms with E-state index in [2.05, 4.69) is 0 Å². The number of carbonyl (C=O) groups is 1. The topological polar surface area (TPSA) is 55.8 Å². The Labute approximate surface area is 108 Å². The summed E-state index contributed by atoms with van der Waals surface area (Å²) in [5.74, 6) is -0.378. The summed E-state index contributed by atoms with van der Waals surface area (Å²) in [6.07, 6.45) is -1.72. The molecule has 0 saturated carbocycles. The Hall–Kier alpha value is -1.39. The standard InChI is InChI=1S/C14H20O4/c1-10(15)14(11(2)18-12(3)16)17-9-13-7-5-4-6-8-13/h4-8,10-11,14-15H,9H2,1-3H3/t10-,11+,14+/m0/s1. The fourth-order valence-corrected chi connectivity index (χ4v) is 1.76. The molecule has 0 saturated heterocycles. The van der Waals surface area contributed by atoms with Crippen molar-refractivity contribution >= 4 is 5.97 Å². The van der Waals surface area contributed by atoms with Gasteiger partial charge in [-0.25, -0.2) is 0 Å². The molecule has 4 nitrogen and oxygen atoms in total. The van der Waals surface area contributed by atoms with Crippen molar-refractivity contribution < 1.29 is 19.4 Å². The zero-order valence-corrected chi connectivity index (χ0v) is 11.0. The van der Waals surface area contributed by atoms with Gasteiger partial charge in [0.15, 0.2) is 0 Å². The van der Waals surface area contributed by atoms with Crippen molar-refractivity contribution in [2.24, 2.45) is 0 Å². The second kappa shape index (κ2) is 7.13. The van der Waals surface area contributed by atoms with E-state index >= 15 is 0 Å². The van der Waals surface area contributed by atoms with Gasteiger partial charge in [-0.05, 0) is 19.4 Å². The average molecular weight is 252 g/mol. The van der Waals surface area contributed by atoms with Crippen LogP contribution in [0.2, 0.25) is 0 Å². The summed E-state index contributed by atoms with van der Waals surface area (Å²) in [6, 6.07) is 9.65. The second-order valence-corrected chi connectivity index (χ2v) is 4.32. The lowest BCUT2D eigenvalue weighted by Gasteiger charge is -2.26. The lowest BCUT2D eigenvalue weighted by atomic mass is 10.1. The quantitative estimate of drug-likeness (QED) is 0.786. The molecule has 1 aromatic rings. The minimum Gasteiger partial charge on any atom is -0.460 e. The van der Waals surface area contributed by atoms with Gasteiger partial charge in [-0.3, -0.25) is 4.79 Å². The predicted octanol–water partition coefficient (Wildman–Crippen LogP) is 1.90. The summed E-state index contributed by atoms with van der Waals surface area (Å²) in [5, 5.41) is 9.66. The van der Waals surface area contributed by atoms with E-state index in [-0.39, 0.29) is 5.97 Å². The molecule has 3 atom stereocenters. The maximum absolute atomic E-state index is 10.9. The van der Waals surface area contributed by atoms with Crippen LogP contribution in [0.25, 0.3) is 0 Å². The van der Waals surface area contributed by atoms with E-state index in [0.717, 1.165) is 5.56 Å². The molecular formula is C14H20O4. The molecule has 1 N–H and O–H groups in total. The third-order valence-electron chi connectivity index (χ3n) is 2.58. The number of benzene rings is 1. The van der Waals surface area contributed by atoms with Gasteiger partial charge < -0.3 is 14.6 Å². The molecule has 0 spiro atoms. The van der Waals surface area contributed by atoms with Gasteiger partial charge in [-0.2, -0.15) is 0 Å². The van der Waals surface area contributed by atoms with Crippen LogP contribution in [0, 0.1) is 0 Å². The normalized spacial score (nSPS) is 15.8. The monoisotopic (exact) mass is 252 g/mol. The van der Waals surface area contributed by atoms with Crippen LogP contribution >= 0.6 is 0 Å². The van der Waals surface area contributed by atoms with Crippen molar-refractivity contribution in [2.45, 2.75) is 45.7 Å². The molecule has 0 amide bonds. The minimum atomic E-state index is -0.705. The van der Waals surface area contributed by atoms with Crippen LogP contribution in [0.5, 0.6) is 0 Å². The second-order valence-electron chi connectivity index (χ2n) is 4.32. The molecule has 0 fully saturated rings. The van der Waals surface area contributed by atoms with Crippen LogP contribution in [0.1, 0.15) is 26.3 Å². The number of rotatable bonds is 6. The molecule has 0 aliphatic carbocycles. The van der Waals surface area contributed by atoms with Gasteiger partial charge in [-0.15, -0.1) is 0 Å². The SMILES string of the molecule is CC(=O)O[C@H](C)[C@H](OCc1ccccc1)[C@H](C)O. The lowest BCUT2D eigenvalue weighted by Crippen LogP contribution is -2.38. The summed E-state index contributed by atoms with van der Waals surface area (Å²) in [6.45, 7) is 5.05. The summed E-state index contributed by atoms with van der Waals surface area (Å²) in [7, 11) is 0. The first-order valence-corrected chi connectivity index (χ1v) is 6.01. The largest absolute Gasteiger partial charge is 0.460 e. The van der Waals surface area contributed by atoms with E-state index in [1.165, 1.54) is 6.92 Å². The van der Waals surface area contributed by atoms with E-state index in [1.807, 2.05) is 30.3 Å². The van der Waals surface area contributed by atoms with Crippen LogP contribution < -0.4 is 0 Å². The van der Waals surface area contributed by atoms with Crippen LogP contribution in [-0.2, 0) is 20.9 Å². The molecule has 18 heavy (non-hydrogen) atoms. The third-order valence-corrected chi connectivity index (χ3v) is 2.58. The van der Waals surface area contributed by atoms with Crippen LogP contribution in [0.15, 0.2) is 30.3 Å². The summed E-state index contributed by atoms with van der Waals surface area (Å²) in [5.41, 5.74) is 1.01. The van der Waals surface area contributed by atoms with Crippen molar-refractivity contribution in [3.8, 4) is 0 Å². The maximum Gasteiger partial charge on any atom is 0.302 e. The Morgan fingerprint density at radius 1 is 1.28 bits per heavy atom. The Kier molecular flexibility index (Phi) is 5.82. The maximum atomic E-state index is 10.9. The van der Waals surface area contributed by atoms with Crippen molar-refractivity contribution in [1.29, 1.82) is 0 Å². The summed E-state index contributed by atoms with van der Waals surface area (Å²) in [4.78, 5) is 10.9. The molecule has 0 heterocycles. The van der Waals surface area contributed by atoms with Gasteiger partial charge in [0.1, 0.15) is 12.2 Å². The molecule has 0 unspecified atom stereocenters. The highest BCUT2D eigenvalue weighted by Crippen LogP contribution is 2.12. The zero-order valence-electron chi connectivity index (χ0n) is 11.0. The van der Waals surface area contributed by atoms with E-state index < -0.39 is 18.3 Å². The number of hydrogen-bond donors (Lipinski definition) is 1. The molecule has 1 aromatic carbocycles. The fraction of sp³-hybridized carbons (Fsp3) is 0.500. The van der Waals surface area contributed by atoms with E-state index in [1.54, 1.807) is 13.8 Å². The Morgan fingerprint density at radius 3 is 2.39 bits per heavy atom. The van der Waals surface area contributed by atoms with Crippen LogP contribution in [-0.4, -0.2) is 29.4 Å². The van der Waals surface area contributed by atoms with Gasteiger partial charge in [0.2, 0.25) is 0 Å². The number of esters is 1. The van der Waals surface area contributed by atoms with Gasteiger partial charge in [0.25, 0.3) is 0 Å². The number of aliphatic hydroxyl groups excluding tert-OH is 1. The third kappa shape index (κ3) is 4.85. The first kappa shape index (κ1) is 14.7.